The van der Waals surface area contributed by atoms with Gasteiger partial charge < -0.3 is 10.3 Å². The maximum atomic E-state index is 13.6. The van der Waals surface area contributed by atoms with E-state index in [4.69, 9.17) is 0 Å². The summed E-state index contributed by atoms with van der Waals surface area (Å²) in [5.74, 6) is -1.88. The number of amides is 1. The fourth-order valence-electron chi connectivity index (χ4n) is 2.03. The van der Waals surface area contributed by atoms with Crippen molar-refractivity contribution < 1.29 is 13.6 Å². The van der Waals surface area contributed by atoms with E-state index in [-0.39, 0.29) is 11.6 Å². The average molecular weight is 333 g/mol. The van der Waals surface area contributed by atoms with Gasteiger partial charge in [-0.15, -0.1) is 0 Å². The summed E-state index contributed by atoms with van der Waals surface area (Å²) in [4.78, 5) is 19.6. The minimum atomic E-state index is -0.806. The smallest absolute Gasteiger partial charge is 0.237 e. The molecule has 0 aliphatic carbocycles. The number of aromatic nitrogens is 2. The summed E-state index contributed by atoms with van der Waals surface area (Å²) in [5, 5.41) is 2.55. The number of hydrogen-bond donors (Lipinski definition) is 2. The van der Waals surface area contributed by atoms with Crippen molar-refractivity contribution in [3.05, 3.63) is 54.1 Å². The van der Waals surface area contributed by atoms with Gasteiger partial charge in [0.05, 0.1) is 22.0 Å². The molecule has 2 N–H and O–H groups in total. The van der Waals surface area contributed by atoms with E-state index in [1.54, 1.807) is 6.92 Å². The van der Waals surface area contributed by atoms with E-state index in [1.807, 2.05) is 24.3 Å². The highest BCUT2D eigenvalue weighted by molar-refractivity contribution is 8.00. The Kier molecular flexibility index (Phi) is 4.29. The number of rotatable bonds is 4. The van der Waals surface area contributed by atoms with Crippen LogP contribution in [0.3, 0.4) is 0 Å². The number of H-pyrrole nitrogens is 1. The SMILES string of the molecule is CC(Sc1nc2ccccc2[nH]1)C(=O)Nc1ccc(F)cc1F. The molecule has 1 aromatic heterocycles. The first-order valence-electron chi connectivity index (χ1n) is 6.90. The molecule has 0 spiro atoms. The van der Waals surface area contributed by atoms with Crippen LogP contribution >= 0.6 is 11.8 Å². The van der Waals surface area contributed by atoms with Crippen molar-refractivity contribution in [2.75, 3.05) is 5.32 Å². The fraction of sp³-hybridized carbons (Fsp3) is 0.125. The second-order valence-electron chi connectivity index (χ2n) is 4.93. The van der Waals surface area contributed by atoms with Gasteiger partial charge in [0.1, 0.15) is 11.6 Å². The van der Waals surface area contributed by atoms with Crippen LogP contribution in [0.4, 0.5) is 14.5 Å². The minimum Gasteiger partial charge on any atom is -0.333 e. The summed E-state index contributed by atoms with van der Waals surface area (Å²) in [6.07, 6.45) is 0. The van der Waals surface area contributed by atoms with Gasteiger partial charge in [-0.25, -0.2) is 13.8 Å². The Labute approximate surface area is 135 Å². The van der Waals surface area contributed by atoms with Crippen LogP contribution < -0.4 is 5.32 Å². The molecule has 3 aromatic rings. The van der Waals surface area contributed by atoms with Crippen LogP contribution in [0.2, 0.25) is 0 Å². The maximum Gasteiger partial charge on any atom is 0.237 e. The number of benzene rings is 2. The second-order valence-corrected chi connectivity index (χ2v) is 6.26. The van der Waals surface area contributed by atoms with E-state index in [0.29, 0.717) is 5.16 Å². The molecule has 2 aromatic carbocycles. The minimum absolute atomic E-state index is 0.0477. The molecule has 1 amide bonds. The lowest BCUT2D eigenvalue weighted by Gasteiger charge is -2.11. The van der Waals surface area contributed by atoms with Gasteiger partial charge in [-0.05, 0) is 31.2 Å². The third-order valence-electron chi connectivity index (χ3n) is 3.21. The lowest BCUT2D eigenvalue weighted by molar-refractivity contribution is -0.115. The van der Waals surface area contributed by atoms with Crippen molar-refractivity contribution in [2.45, 2.75) is 17.3 Å². The zero-order valence-corrected chi connectivity index (χ0v) is 13.0. The molecule has 0 aliphatic rings. The van der Waals surface area contributed by atoms with E-state index in [1.165, 1.54) is 17.8 Å². The summed E-state index contributed by atoms with van der Waals surface area (Å²) < 4.78 is 26.4. The number of anilines is 1. The van der Waals surface area contributed by atoms with Gasteiger partial charge in [0, 0.05) is 6.07 Å². The maximum absolute atomic E-state index is 13.6. The van der Waals surface area contributed by atoms with Crippen molar-refractivity contribution in [3.8, 4) is 0 Å². The highest BCUT2D eigenvalue weighted by Gasteiger charge is 2.18. The van der Waals surface area contributed by atoms with Crippen LogP contribution in [0.1, 0.15) is 6.92 Å². The lowest BCUT2D eigenvalue weighted by Crippen LogP contribution is -2.23. The molecule has 0 radical (unpaired) electrons. The molecule has 0 aliphatic heterocycles. The van der Waals surface area contributed by atoms with E-state index in [0.717, 1.165) is 23.2 Å². The van der Waals surface area contributed by atoms with Crippen molar-refractivity contribution >= 4 is 34.4 Å². The number of nitrogens with zero attached hydrogens (tertiary/aromatic N) is 1. The molecular formula is C16H13F2N3OS. The molecule has 0 saturated carbocycles. The molecule has 1 heterocycles. The highest BCUT2D eigenvalue weighted by Crippen LogP contribution is 2.24. The molecule has 0 bridgehead atoms. The number of halogens is 2. The molecule has 1 unspecified atom stereocenters. The Hall–Kier alpha value is -2.41. The van der Waals surface area contributed by atoms with Gasteiger partial charge >= 0.3 is 0 Å². The summed E-state index contributed by atoms with van der Waals surface area (Å²) in [7, 11) is 0. The Balaban J connectivity index is 1.69. The number of imidazole rings is 1. The molecule has 118 valence electrons. The highest BCUT2D eigenvalue weighted by atomic mass is 32.2. The van der Waals surface area contributed by atoms with Crippen molar-refractivity contribution in [3.63, 3.8) is 0 Å². The monoisotopic (exact) mass is 333 g/mol. The van der Waals surface area contributed by atoms with Crippen molar-refractivity contribution in [2.24, 2.45) is 0 Å². The molecule has 23 heavy (non-hydrogen) atoms. The molecule has 0 fully saturated rings. The fourth-order valence-corrected chi connectivity index (χ4v) is 2.85. The topological polar surface area (TPSA) is 57.8 Å². The van der Waals surface area contributed by atoms with Gasteiger partial charge in [0.15, 0.2) is 5.16 Å². The zero-order chi connectivity index (χ0) is 16.4. The van der Waals surface area contributed by atoms with E-state index < -0.39 is 16.9 Å². The number of fused-ring (bicyclic) bond motifs is 1. The van der Waals surface area contributed by atoms with Crippen LogP contribution in [0.25, 0.3) is 11.0 Å². The molecule has 0 saturated heterocycles. The molecule has 7 heteroatoms. The number of carbonyl (C=O) groups is 1. The van der Waals surface area contributed by atoms with Gasteiger partial charge in [-0.3, -0.25) is 4.79 Å². The summed E-state index contributed by atoms with van der Waals surface area (Å²) >= 11 is 1.23. The third-order valence-corrected chi connectivity index (χ3v) is 4.20. The first-order chi connectivity index (χ1) is 11.0. The van der Waals surface area contributed by atoms with Gasteiger partial charge in [0.2, 0.25) is 5.91 Å². The van der Waals surface area contributed by atoms with Crippen molar-refractivity contribution in [1.29, 1.82) is 0 Å². The van der Waals surface area contributed by atoms with Crippen LogP contribution in [0.5, 0.6) is 0 Å². The number of nitrogens with one attached hydrogen (secondary N) is 2. The number of hydrogen-bond acceptors (Lipinski definition) is 3. The molecular weight excluding hydrogens is 320 g/mol. The van der Waals surface area contributed by atoms with E-state index >= 15 is 0 Å². The third kappa shape index (κ3) is 3.50. The van der Waals surface area contributed by atoms with Crippen LogP contribution in [0.15, 0.2) is 47.6 Å². The van der Waals surface area contributed by atoms with Gasteiger partial charge in [0.25, 0.3) is 0 Å². The first-order valence-corrected chi connectivity index (χ1v) is 7.78. The van der Waals surface area contributed by atoms with Gasteiger partial charge in [-0.1, -0.05) is 23.9 Å². The Morgan fingerprint density at radius 2 is 2.04 bits per heavy atom. The quantitative estimate of drug-likeness (QED) is 0.711. The largest absolute Gasteiger partial charge is 0.333 e. The molecule has 4 nitrogen and oxygen atoms in total. The Morgan fingerprint density at radius 1 is 1.26 bits per heavy atom. The van der Waals surface area contributed by atoms with Crippen LogP contribution in [-0.4, -0.2) is 21.1 Å². The molecule has 3 rings (SSSR count). The van der Waals surface area contributed by atoms with Crippen LogP contribution in [-0.2, 0) is 4.79 Å². The van der Waals surface area contributed by atoms with Crippen molar-refractivity contribution in [1.82, 2.24) is 9.97 Å². The Bertz CT molecular complexity index is 832. The predicted molar refractivity (Wildman–Crippen MR) is 86.4 cm³/mol. The predicted octanol–water partition coefficient (Wildman–Crippen LogP) is 3.96. The van der Waals surface area contributed by atoms with Crippen LogP contribution in [0, 0.1) is 11.6 Å². The van der Waals surface area contributed by atoms with E-state index in [2.05, 4.69) is 15.3 Å². The first kappa shape index (κ1) is 15.5. The number of para-hydroxylation sites is 2. The lowest BCUT2D eigenvalue weighted by atomic mass is 10.3. The summed E-state index contributed by atoms with van der Waals surface area (Å²) in [6.45, 7) is 1.69. The number of aromatic amines is 1. The normalized spacial score (nSPS) is 12.3. The second kappa shape index (κ2) is 6.37. The summed E-state index contributed by atoms with van der Waals surface area (Å²) in [5.41, 5.74) is 1.65. The summed E-state index contributed by atoms with van der Waals surface area (Å²) in [6, 6.07) is 10.6. The van der Waals surface area contributed by atoms with Gasteiger partial charge in [-0.2, -0.15) is 0 Å². The number of thioether (sulfide) groups is 1. The average Bonchev–Trinajstić information content (AvgIpc) is 2.92. The van der Waals surface area contributed by atoms with E-state index in [9.17, 15) is 13.6 Å². The molecule has 1 atom stereocenters. The standard InChI is InChI=1S/C16H13F2N3OS/c1-9(15(22)19-12-7-6-10(17)8-11(12)18)23-16-20-13-4-2-3-5-14(13)21-16/h2-9H,1H3,(H,19,22)(H,20,21). The zero-order valence-electron chi connectivity index (χ0n) is 12.1. The number of carbonyl (C=O) groups excluding carboxylic acids is 1. The Morgan fingerprint density at radius 3 is 2.78 bits per heavy atom.